The monoisotopic (exact) mass is 1010 g/mol. The molecule has 0 aliphatic heterocycles. The molecule has 0 spiro atoms. The molecule has 343 valence electrons. The van der Waals surface area contributed by atoms with Crippen molar-refractivity contribution < 1.29 is 57.0 Å². The van der Waals surface area contributed by atoms with Gasteiger partial charge in [-0.3, -0.25) is 18.2 Å². The van der Waals surface area contributed by atoms with Gasteiger partial charge in [0.15, 0.2) is 5.75 Å². The molecule has 0 saturated heterocycles. The molecule has 0 bridgehead atoms. The molecule has 0 saturated carbocycles. The Hall–Kier alpha value is -6.46. The smallest absolute Gasteiger partial charge is 0.296 e. The van der Waals surface area contributed by atoms with Crippen molar-refractivity contribution in [2.24, 2.45) is 30.7 Å². The van der Waals surface area contributed by atoms with Crippen LogP contribution in [0.5, 0.6) is 5.75 Å². The van der Waals surface area contributed by atoms with E-state index in [0.717, 1.165) is 23.9 Å². The predicted molar refractivity (Wildman–Crippen MR) is 252 cm³/mol. The Morgan fingerprint density at radius 2 is 0.838 bits per heavy atom. The number of fused-ring (bicyclic) bond motifs is 3. The first-order valence-corrected chi connectivity index (χ1v) is 24.4. The van der Waals surface area contributed by atoms with E-state index < -0.39 is 77.2 Å². The van der Waals surface area contributed by atoms with E-state index in [9.17, 15) is 57.0 Å². The molecule has 8 aromatic rings. The van der Waals surface area contributed by atoms with E-state index >= 15 is 0 Å². The van der Waals surface area contributed by atoms with Crippen molar-refractivity contribution in [3.05, 3.63) is 140 Å². The normalized spacial score (nSPS) is 12.5. The number of rotatable bonds is 12. The van der Waals surface area contributed by atoms with Gasteiger partial charge in [0.05, 0.1) is 32.5 Å². The van der Waals surface area contributed by atoms with Gasteiger partial charge >= 0.3 is 0 Å². The van der Waals surface area contributed by atoms with Crippen molar-refractivity contribution in [2.45, 2.75) is 19.6 Å². The number of azo groups is 3. The van der Waals surface area contributed by atoms with Crippen molar-refractivity contribution in [3.8, 4) is 5.75 Å². The van der Waals surface area contributed by atoms with Gasteiger partial charge < -0.3 is 16.6 Å². The molecule has 1 radical (unpaired) electrons. The second-order valence-electron chi connectivity index (χ2n) is 14.1. The van der Waals surface area contributed by atoms with Gasteiger partial charge in [-0.15, -0.1) is 30.7 Å². The Kier molecular flexibility index (Phi) is 14.7. The summed E-state index contributed by atoms with van der Waals surface area (Å²) in [5.74, 6) is -0.559. The van der Waals surface area contributed by atoms with Gasteiger partial charge in [-0.1, -0.05) is 48.5 Å². The third-order valence-corrected chi connectivity index (χ3v) is 13.3. The maximum atomic E-state index is 12.6. The molecule has 0 amide bonds. The largest absolute Gasteiger partial charge is 0.505 e. The SMILES string of the molecule is N.O=S(=O)(O)c1ccc(S(=O)(=O)O)c(N=Nc2ccc(N=Nc3ccc(N=Nc4c(S(=O)(=O)O)cc5cc(Nc6ccccc6)ccc5c4O)c4ccccc34)c3cc(S(=O)(=O)O)ccc23)c1.[Na]. The first-order valence-electron chi connectivity index (χ1n) is 18.6. The second kappa shape index (κ2) is 19.6. The fourth-order valence-corrected chi connectivity index (χ4v) is 9.03. The molecule has 21 nitrogen and oxygen atoms in total. The Morgan fingerprint density at radius 1 is 0.382 bits per heavy atom. The number of hydrogen-bond acceptors (Lipinski definition) is 17. The molecule has 0 atom stereocenters. The molecule has 26 heteroatoms. The van der Waals surface area contributed by atoms with Crippen molar-refractivity contribution in [2.75, 3.05) is 5.32 Å². The van der Waals surface area contributed by atoms with Crippen molar-refractivity contribution in [3.63, 3.8) is 0 Å². The number of anilines is 2. The number of para-hydroxylation sites is 1. The summed E-state index contributed by atoms with van der Waals surface area (Å²) in [5, 5.41) is 40.9. The fourth-order valence-electron chi connectivity index (χ4n) is 6.76. The van der Waals surface area contributed by atoms with E-state index in [1.165, 1.54) is 36.4 Å². The molecule has 68 heavy (non-hydrogen) atoms. The Morgan fingerprint density at radius 3 is 1.38 bits per heavy atom. The average Bonchev–Trinajstić information content (AvgIpc) is 3.26. The van der Waals surface area contributed by atoms with Gasteiger partial charge in [0, 0.05) is 67.9 Å². The molecule has 8 aromatic carbocycles. The van der Waals surface area contributed by atoms with Gasteiger partial charge in [-0.05, 0) is 96.4 Å². The van der Waals surface area contributed by atoms with E-state index in [1.807, 2.05) is 30.3 Å². The Bertz CT molecular complexity index is 3880. The number of phenols is 1. The van der Waals surface area contributed by atoms with E-state index in [0.29, 0.717) is 28.6 Å². The Balaban J connectivity index is 0.00000381. The molecule has 8 rings (SSSR count). The average molecular weight is 1010 g/mol. The van der Waals surface area contributed by atoms with Crippen LogP contribution in [-0.4, -0.2) is 86.5 Å². The summed E-state index contributed by atoms with van der Waals surface area (Å²) in [7, 11) is -19.5. The number of nitrogens with zero attached hydrogens (tertiary/aromatic N) is 6. The van der Waals surface area contributed by atoms with Crippen molar-refractivity contribution in [1.29, 1.82) is 0 Å². The van der Waals surface area contributed by atoms with Crippen molar-refractivity contribution in [1.82, 2.24) is 6.15 Å². The summed E-state index contributed by atoms with van der Waals surface area (Å²) in [6, 6.07) is 32.9. The fraction of sp³-hybridized carbons (Fsp3) is 0. The third-order valence-electron chi connectivity index (χ3n) is 9.80. The summed E-state index contributed by atoms with van der Waals surface area (Å²) in [6.45, 7) is 0. The van der Waals surface area contributed by atoms with Crippen LogP contribution >= 0.6 is 0 Å². The molecule has 0 fully saturated rings. The van der Waals surface area contributed by atoms with Crippen LogP contribution in [0.25, 0.3) is 32.3 Å². The zero-order valence-corrected chi connectivity index (χ0v) is 40.1. The zero-order valence-electron chi connectivity index (χ0n) is 34.8. The van der Waals surface area contributed by atoms with Crippen LogP contribution in [-0.2, 0) is 40.5 Å². The number of hydrogen-bond donors (Lipinski definition) is 7. The predicted octanol–water partition coefficient (Wildman–Crippen LogP) is 10.6. The summed E-state index contributed by atoms with van der Waals surface area (Å²) in [4.78, 5) is -2.85. The van der Waals surface area contributed by atoms with E-state index in [4.69, 9.17) is 0 Å². The molecule has 0 heterocycles. The maximum Gasteiger partial charge on any atom is 0.296 e. The molecular weight excluding hydrogens is 976 g/mol. The van der Waals surface area contributed by atoms with Gasteiger partial charge in [0.2, 0.25) is 0 Å². The quantitative estimate of drug-likeness (QED) is 0.0340. The first kappa shape index (κ1) is 50.9. The number of aromatic hydroxyl groups is 1. The molecule has 0 aromatic heterocycles. The van der Waals surface area contributed by atoms with Gasteiger partial charge in [-0.2, -0.15) is 33.7 Å². The minimum absolute atomic E-state index is 0. The first-order chi connectivity index (χ1) is 31.1. The summed E-state index contributed by atoms with van der Waals surface area (Å²) in [6.07, 6.45) is 0. The number of nitrogens with one attached hydrogen (secondary N) is 1. The molecule has 9 N–H and O–H groups in total. The zero-order chi connectivity index (χ0) is 47.2. The summed E-state index contributed by atoms with van der Waals surface area (Å²) >= 11 is 0. The Labute approximate surface area is 408 Å². The second-order valence-corrected chi connectivity index (χ2v) is 19.7. The summed E-state index contributed by atoms with van der Waals surface area (Å²) < 4.78 is 136. The van der Waals surface area contributed by atoms with E-state index in [1.54, 1.807) is 42.5 Å². The van der Waals surface area contributed by atoms with Crippen LogP contribution in [0.1, 0.15) is 0 Å². The minimum Gasteiger partial charge on any atom is -0.505 e. The minimum atomic E-state index is -4.97. The van der Waals surface area contributed by atoms with Crippen LogP contribution in [0.2, 0.25) is 0 Å². The number of phenolic OH excluding ortho intramolecular Hbond substituents is 1. The topological polar surface area (TPSA) is 359 Å². The molecule has 0 aliphatic rings. The standard InChI is InChI=1S/C42H29N7O13S4.H3N.Na/c50-42-29-13-10-26(43-25-6-2-1-3-7-25)20-24(29)21-40(66(60,61)62)41(42)49-47-35-16-15-34(30-8-4-5-9-31(30)35)44-46-37-18-17-36(32-14-11-27(22-33(32)37)63(51,52)53)45-48-38-23-28(64(54,55)56)12-19-39(38)65(57,58)59;;/h1-23,43,50H,(H,51,52,53)(H,54,55,56)(H,57,58,59)(H,60,61,62);1H3;. The van der Waals surface area contributed by atoms with Crippen LogP contribution in [0.3, 0.4) is 0 Å². The van der Waals surface area contributed by atoms with Crippen LogP contribution in [0.4, 0.5) is 45.5 Å². The summed E-state index contributed by atoms with van der Waals surface area (Å²) in [5.41, 5.74) is 0.547. The maximum absolute atomic E-state index is 12.6. The van der Waals surface area contributed by atoms with Crippen LogP contribution in [0.15, 0.2) is 190 Å². The molecular formula is C42H32N8NaO13S4. The number of benzene rings is 8. The molecule has 0 unspecified atom stereocenters. The van der Waals surface area contributed by atoms with Gasteiger partial charge in [-0.25, -0.2) is 0 Å². The van der Waals surface area contributed by atoms with Gasteiger partial charge in [0.1, 0.15) is 21.2 Å². The van der Waals surface area contributed by atoms with Crippen LogP contribution in [0, 0.1) is 0 Å². The van der Waals surface area contributed by atoms with Gasteiger partial charge in [0.25, 0.3) is 40.5 Å². The third kappa shape index (κ3) is 10.9. The van der Waals surface area contributed by atoms with Crippen LogP contribution < -0.4 is 11.5 Å². The molecule has 0 aliphatic carbocycles. The van der Waals surface area contributed by atoms with E-state index in [2.05, 4.69) is 36.0 Å². The van der Waals surface area contributed by atoms with Crippen molar-refractivity contribution >= 4 is 148 Å². The van der Waals surface area contributed by atoms with E-state index in [-0.39, 0.29) is 80.0 Å².